The largest absolute Gasteiger partial charge is 0.508 e. The lowest BCUT2D eigenvalue weighted by Gasteiger charge is -2.02. The number of hydrogen-bond acceptors (Lipinski definition) is 8. The molecule has 0 unspecified atom stereocenters. The van der Waals surface area contributed by atoms with Gasteiger partial charge in [0.1, 0.15) is 5.75 Å². The highest BCUT2D eigenvalue weighted by Gasteiger charge is 2.04. The maximum Gasteiger partial charge on any atom is 0.305 e. The van der Waals surface area contributed by atoms with Gasteiger partial charge in [-0.25, -0.2) is 9.97 Å². The molecule has 152 valence electrons. The zero-order valence-corrected chi connectivity index (χ0v) is 17.8. The van der Waals surface area contributed by atoms with Gasteiger partial charge in [-0.3, -0.25) is 4.79 Å². The fourth-order valence-corrected chi connectivity index (χ4v) is 4.26. The van der Waals surface area contributed by atoms with Gasteiger partial charge in [-0.1, -0.05) is 29.9 Å². The molecule has 0 aliphatic carbocycles. The van der Waals surface area contributed by atoms with Gasteiger partial charge in [-0.05, 0) is 43.2 Å². The molecular weight excluding hydrogens is 406 g/mol. The maximum atomic E-state index is 10.9. The fraction of sp³-hybridized carbons (Fsp3) is 0.286. The first-order chi connectivity index (χ1) is 14.2. The van der Waals surface area contributed by atoms with E-state index < -0.39 is 0 Å². The van der Waals surface area contributed by atoms with Crippen molar-refractivity contribution in [3.63, 3.8) is 0 Å². The monoisotopic (exact) mass is 429 g/mol. The minimum atomic E-state index is -0.149. The first kappa shape index (κ1) is 21.0. The van der Waals surface area contributed by atoms with Gasteiger partial charge in [-0.15, -0.1) is 11.3 Å². The Balaban J connectivity index is 0.000000220. The summed E-state index contributed by atoms with van der Waals surface area (Å²) >= 11 is 3.20. The molecule has 0 saturated carbocycles. The molecule has 0 radical (unpaired) electrons. The third kappa shape index (κ3) is 6.40. The van der Waals surface area contributed by atoms with Crippen LogP contribution in [0.5, 0.6) is 5.75 Å². The van der Waals surface area contributed by atoms with E-state index in [1.54, 1.807) is 23.5 Å². The molecule has 0 aliphatic rings. The van der Waals surface area contributed by atoms with Crippen LogP contribution in [0.2, 0.25) is 0 Å². The molecule has 2 aromatic heterocycles. The van der Waals surface area contributed by atoms with Crippen molar-refractivity contribution in [3.05, 3.63) is 48.0 Å². The second-order valence-corrected chi connectivity index (χ2v) is 8.22. The number of thiazole rings is 2. The molecule has 2 heterocycles. The quantitative estimate of drug-likeness (QED) is 0.300. The molecule has 0 spiro atoms. The zero-order chi connectivity index (χ0) is 20.5. The summed E-state index contributed by atoms with van der Waals surface area (Å²) in [4.78, 5) is 19.5. The average Bonchev–Trinajstić information content (AvgIpc) is 3.36. The number of para-hydroxylation sites is 1. The topological polar surface area (TPSA) is 84.3 Å². The van der Waals surface area contributed by atoms with Crippen molar-refractivity contribution < 1.29 is 14.6 Å². The maximum absolute atomic E-state index is 10.9. The van der Waals surface area contributed by atoms with Crippen LogP contribution in [0, 0.1) is 0 Å². The Bertz CT molecular complexity index is 1030. The number of hydrogen-bond donors (Lipinski definition) is 2. The number of esters is 1. The van der Waals surface area contributed by atoms with E-state index in [1.165, 1.54) is 23.1 Å². The smallest absolute Gasteiger partial charge is 0.305 e. The number of rotatable bonds is 7. The molecular formula is C21H23N3O3S2. The van der Waals surface area contributed by atoms with E-state index in [0.29, 0.717) is 6.42 Å². The summed E-state index contributed by atoms with van der Waals surface area (Å²) in [6, 6.07) is 13.3. The first-order valence-corrected chi connectivity index (χ1v) is 11.0. The van der Waals surface area contributed by atoms with Crippen molar-refractivity contribution in [2.24, 2.45) is 0 Å². The predicted octanol–water partition coefficient (Wildman–Crippen LogP) is 5.44. The molecule has 29 heavy (non-hydrogen) atoms. The molecule has 4 aromatic rings. The van der Waals surface area contributed by atoms with Gasteiger partial charge >= 0.3 is 5.97 Å². The molecule has 0 amide bonds. The van der Waals surface area contributed by atoms with E-state index in [2.05, 4.69) is 26.1 Å². The van der Waals surface area contributed by atoms with Gasteiger partial charge in [0.05, 0.1) is 33.1 Å². The normalized spacial score (nSPS) is 10.5. The van der Waals surface area contributed by atoms with E-state index in [0.717, 1.165) is 46.7 Å². The number of anilines is 1. The predicted molar refractivity (Wildman–Crippen MR) is 120 cm³/mol. The fourth-order valence-electron chi connectivity index (χ4n) is 2.66. The van der Waals surface area contributed by atoms with Crippen molar-refractivity contribution >= 4 is 54.2 Å². The molecule has 0 fully saturated rings. The number of carbonyl (C=O) groups is 1. The van der Waals surface area contributed by atoms with Crippen LogP contribution in [0.3, 0.4) is 0 Å². The van der Waals surface area contributed by atoms with Crippen LogP contribution >= 0.6 is 22.7 Å². The zero-order valence-electron chi connectivity index (χ0n) is 16.1. The van der Waals surface area contributed by atoms with Crippen molar-refractivity contribution in [2.45, 2.75) is 25.7 Å². The highest BCUT2D eigenvalue weighted by Crippen LogP contribution is 2.28. The molecule has 0 saturated heterocycles. The Morgan fingerprint density at radius 2 is 1.97 bits per heavy atom. The van der Waals surface area contributed by atoms with Crippen molar-refractivity contribution in [1.29, 1.82) is 0 Å². The number of benzene rings is 2. The van der Waals surface area contributed by atoms with Gasteiger partial charge in [-0.2, -0.15) is 0 Å². The van der Waals surface area contributed by atoms with Crippen LogP contribution in [0.1, 0.15) is 25.7 Å². The molecule has 0 bridgehead atoms. The summed E-state index contributed by atoms with van der Waals surface area (Å²) in [5.74, 6) is 0.111. The summed E-state index contributed by atoms with van der Waals surface area (Å²) < 4.78 is 6.82. The molecule has 2 aromatic carbocycles. The van der Waals surface area contributed by atoms with Crippen LogP contribution in [-0.2, 0) is 9.53 Å². The summed E-state index contributed by atoms with van der Waals surface area (Å²) in [7, 11) is 1.41. The van der Waals surface area contributed by atoms with Crippen molar-refractivity contribution in [2.75, 3.05) is 19.0 Å². The van der Waals surface area contributed by atoms with E-state index >= 15 is 0 Å². The summed E-state index contributed by atoms with van der Waals surface area (Å²) in [6.07, 6.45) is 3.30. The van der Waals surface area contributed by atoms with Gasteiger partial charge in [0.25, 0.3) is 0 Å². The van der Waals surface area contributed by atoms with Crippen molar-refractivity contribution in [1.82, 2.24) is 9.97 Å². The molecule has 6 nitrogen and oxygen atoms in total. The Hall–Kier alpha value is -2.71. The van der Waals surface area contributed by atoms with Gasteiger partial charge in [0.15, 0.2) is 5.13 Å². The molecule has 2 N–H and O–H groups in total. The van der Waals surface area contributed by atoms with Gasteiger partial charge in [0.2, 0.25) is 0 Å². The SMILES string of the molecule is COC(=O)CCCCCNc1nc2ccc(O)cc2s1.c1ccc2scnc2c1. The number of carbonyl (C=O) groups excluding carboxylic acids is 1. The number of nitrogens with one attached hydrogen (secondary N) is 1. The van der Waals surface area contributed by atoms with Gasteiger partial charge < -0.3 is 15.2 Å². The number of methoxy groups -OCH3 is 1. The van der Waals surface area contributed by atoms with E-state index in [4.69, 9.17) is 0 Å². The lowest BCUT2D eigenvalue weighted by atomic mass is 10.2. The molecule has 8 heteroatoms. The second-order valence-electron chi connectivity index (χ2n) is 6.30. The molecule has 0 atom stereocenters. The minimum Gasteiger partial charge on any atom is -0.508 e. The Kier molecular flexibility index (Phi) is 7.77. The molecule has 0 aliphatic heterocycles. The van der Waals surface area contributed by atoms with Crippen molar-refractivity contribution in [3.8, 4) is 5.75 Å². The summed E-state index contributed by atoms with van der Waals surface area (Å²) in [6.45, 7) is 0.826. The molecule has 4 rings (SSSR count). The highest BCUT2D eigenvalue weighted by molar-refractivity contribution is 7.22. The standard InChI is InChI=1S/C14H18N2O3S.C7H5NS/c1-19-13(18)5-3-2-4-8-15-14-16-11-7-6-10(17)9-12(11)20-14;1-2-4-7-6(3-1)8-5-9-7/h6-7,9,17H,2-5,8H2,1H3,(H,15,16);1-5H. The van der Waals surface area contributed by atoms with E-state index in [-0.39, 0.29) is 11.7 Å². The lowest BCUT2D eigenvalue weighted by Crippen LogP contribution is -2.02. The average molecular weight is 430 g/mol. The summed E-state index contributed by atoms with van der Waals surface area (Å²) in [5.41, 5.74) is 3.86. The Morgan fingerprint density at radius 3 is 2.79 bits per heavy atom. The van der Waals surface area contributed by atoms with Crippen LogP contribution < -0.4 is 5.32 Å². The van der Waals surface area contributed by atoms with Crippen LogP contribution in [0.25, 0.3) is 20.4 Å². The Labute approximate surface area is 177 Å². The number of unbranched alkanes of at least 4 members (excludes halogenated alkanes) is 2. The number of fused-ring (bicyclic) bond motifs is 2. The number of nitrogens with zero attached hydrogens (tertiary/aromatic N) is 2. The van der Waals surface area contributed by atoms with E-state index in [9.17, 15) is 9.90 Å². The number of aromatic hydroxyl groups is 1. The lowest BCUT2D eigenvalue weighted by molar-refractivity contribution is -0.140. The van der Waals surface area contributed by atoms with Crippen LogP contribution in [-0.4, -0.2) is 34.7 Å². The minimum absolute atomic E-state index is 0.149. The Morgan fingerprint density at radius 1 is 1.10 bits per heavy atom. The number of phenols is 1. The number of phenolic OH excluding ortho intramolecular Hbond substituents is 1. The van der Waals surface area contributed by atoms with E-state index in [1.807, 2.05) is 29.8 Å². The first-order valence-electron chi connectivity index (χ1n) is 9.34. The van der Waals surface area contributed by atoms with Crippen LogP contribution in [0.4, 0.5) is 5.13 Å². The summed E-state index contributed by atoms with van der Waals surface area (Å²) in [5, 5.41) is 13.5. The second kappa shape index (κ2) is 10.7. The van der Waals surface area contributed by atoms with Gasteiger partial charge in [0, 0.05) is 13.0 Å². The van der Waals surface area contributed by atoms with Crippen LogP contribution in [0.15, 0.2) is 48.0 Å². The highest BCUT2D eigenvalue weighted by atomic mass is 32.1. The third-order valence-electron chi connectivity index (χ3n) is 4.17. The third-order valence-corrected chi connectivity index (χ3v) is 5.96. The number of aromatic nitrogens is 2. The number of ether oxygens (including phenoxy) is 1.